The SMILES string of the molecule is CN(Cc1nc2c(cnn2C)c(=O)[nH]1)C(=O)NCc1cccc(NC(=O)Nc2ccccc2)c1. The second kappa shape index (κ2) is 9.86. The van der Waals surface area contributed by atoms with Gasteiger partial charge in [-0.15, -0.1) is 0 Å². The van der Waals surface area contributed by atoms with Gasteiger partial charge in [0.1, 0.15) is 11.2 Å². The number of hydrogen-bond acceptors (Lipinski definition) is 5. The number of urea groups is 2. The Bertz CT molecular complexity index is 1380. The third kappa shape index (κ3) is 5.38. The second-order valence-corrected chi connectivity index (χ2v) is 7.68. The van der Waals surface area contributed by atoms with Gasteiger partial charge in [-0.05, 0) is 29.8 Å². The molecule has 0 radical (unpaired) electrons. The Kier molecular flexibility index (Phi) is 6.53. The molecule has 2 aromatic heterocycles. The topological polar surface area (TPSA) is 137 Å². The Morgan fingerprint density at radius 2 is 1.79 bits per heavy atom. The van der Waals surface area contributed by atoms with E-state index in [9.17, 15) is 14.4 Å². The van der Waals surface area contributed by atoms with Gasteiger partial charge in [-0.2, -0.15) is 5.10 Å². The van der Waals surface area contributed by atoms with Crippen LogP contribution in [-0.4, -0.2) is 43.8 Å². The number of anilines is 2. The van der Waals surface area contributed by atoms with Crippen molar-refractivity contribution in [2.75, 3.05) is 17.7 Å². The average molecular weight is 460 g/mol. The Balaban J connectivity index is 1.32. The molecule has 0 unspecified atom stereocenters. The Hall–Kier alpha value is -4.67. The maximum atomic E-state index is 12.5. The van der Waals surface area contributed by atoms with Crippen molar-refractivity contribution in [3.63, 3.8) is 0 Å². The van der Waals surface area contributed by atoms with E-state index >= 15 is 0 Å². The summed E-state index contributed by atoms with van der Waals surface area (Å²) < 4.78 is 1.51. The minimum absolute atomic E-state index is 0.115. The van der Waals surface area contributed by atoms with Gasteiger partial charge in [-0.3, -0.25) is 9.48 Å². The van der Waals surface area contributed by atoms with E-state index in [0.29, 0.717) is 28.2 Å². The molecule has 0 bridgehead atoms. The minimum Gasteiger partial charge on any atom is -0.334 e. The summed E-state index contributed by atoms with van der Waals surface area (Å²) in [6.45, 7) is 0.368. The van der Waals surface area contributed by atoms with Crippen molar-refractivity contribution in [2.45, 2.75) is 13.1 Å². The van der Waals surface area contributed by atoms with Gasteiger partial charge < -0.3 is 25.8 Å². The number of carbonyl (C=O) groups is 2. The van der Waals surface area contributed by atoms with Crippen LogP contribution >= 0.6 is 0 Å². The Morgan fingerprint density at radius 3 is 2.59 bits per heavy atom. The largest absolute Gasteiger partial charge is 0.334 e. The molecule has 0 spiro atoms. The maximum absolute atomic E-state index is 12.5. The summed E-state index contributed by atoms with van der Waals surface area (Å²) in [6, 6.07) is 15.6. The molecule has 34 heavy (non-hydrogen) atoms. The van der Waals surface area contributed by atoms with Crippen molar-refractivity contribution >= 4 is 34.5 Å². The normalized spacial score (nSPS) is 10.6. The molecule has 0 aliphatic rings. The molecule has 0 atom stereocenters. The van der Waals surface area contributed by atoms with Gasteiger partial charge in [0, 0.05) is 32.0 Å². The summed E-state index contributed by atoms with van der Waals surface area (Å²) in [5.74, 6) is 0.356. The molecule has 0 aliphatic heterocycles. The first-order chi connectivity index (χ1) is 16.4. The Morgan fingerprint density at radius 1 is 1.06 bits per heavy atom. The van der Waals surface area contributed by atoms with Gasteiger partial charge in [0.15, 0.2) is 5.65 Å². The fourth-order valence-corrected chi connectivity index (χ4v) is 3.34. The van der Waals surface area contributed by atoms with Crippen LogP contribution in [0.15, 0.2) is 65.6 Å². The third-order valence-corrected chi connectivity index (χ3v) is 5.04. The van der Waals surface area contributed by atoms with Crippen molar-refractivity contribution in [3.8, 4) is 0 Å². The monoisotopic (exact) mass is 460 g/mol. The lowest BCUT2D eigenvalue weighted by atomic mass is 10.2. The van der Waals surface area contributed by atoms with Gasteiger partial charge in [0.25, 0.3) is 5.56 Å². The molecule has 0 aliphatic carbocycles. The highest BCUT2D eigenvalue weighted by Crippen LogP contribution is 2.12. The van der Waals surface area contributed by atoms with Crippen molar-refractivity contribution in [3.05, 3.63) is 82.5 Å². The first-order valence-electron chi connectivity index (χ1n) is 10.5. The van der Waals surface area contributed by atoms with Crippen LogP contribution in [0.5, 0.6) is 0 Å². The summed E-state index contributed by atoms with van der Waals surface area (Å²) in [6.07, 6.45) is 1.45. The second-order valence-electron chi connectivity index (χ2n) is 7.68. The molecule has 4 amide bonds. The number of nitrogens with one attached hydrogen (secondary N) is 4. The van der Waals surface area contributed by atoms with Gasteiger partial charge in [0.2, 0.25) is 0 Å². The molecule has 174 valence electrons. The zero-order valence-electron chi connectivity index (χ0n) is 18.7. The van der Waals surface area contributed by atoms with Crippen molar-refractivity contribution in [1.29, 1.82) is 0 Å². The zero-order chi connectivity index (χ0) is 24.1. The summed E-state index contributed by atoms with van der Waals surface area (Å²) >= 11 is 0. The highest BCUT2D eigenvalue weighted by atomic mass is 16.2. The maximum Gasteiger partial charge on any atom is 0.323 e. The number of nitrogens with zero attached hydrogens (tertiary/aromatic N) is 4. The number of H-pyrrole nitrogens is 1. The number of fused-ring (bicyclic) bond motifs is 1. The Labute approximate surface area is 194 Å². The van der Waals surface area contributed by atoms with E-state index in [1.165, 1.54) is 15.8 Å². The number of benzene rings is 2. The van der Waals surface area contributed by atoms with Gasteiger partial charge >= 0.3 is 12.1 Å². The number of carbonyl (C=O) groups excluding carboxylic acids is 2. The molecule has 0 saturated carbocycles. The van der Waals surface area contributed by atoms with Crippen molar-refractivity contribution in [2.24, 2.45) is 7.05 Å². The standard InChI is InChI=1S/C23H24N8O3/c1-30(14-19-28-20-18(21(32)29-19)13-25-31(20)2)23(34)24-12-15-7-6-10-17(11-15)27-22(33)26-16-8-4-3-5-9-16/h3-11,13H,12,14H2,1-2H3,(H,24,34)(H2,26,27,33)(H,28,29,32). The van der Waals surface area contributed by atoms with E-state index in [-0.39, 0.29) is 30.7 Å². The number of amides is 4. The predicted octanol–water partition coefficient (Wildman–Crippen LogP) is 2.64. The fraction of sp³-hybridized carbons (Fsp3) is 0.174. The zero-order valence-corrected chi connectivity index (χ0v) is 18.7. The summed E-state index contributed by atoms with van der Waals surface area (Å²) in [5.41, 5.74) is 2.24. The highest BCUT2D eigenvalue weighted by molar-refractivity contribution is 5.99. The van der Waals surface area contributed by atoms with Crippen LogP contribution in [0.1, 0.15) is 11.4 Å². The molecule has 0 fully saturated rings. The molecule has 11 heteroatoms. The number of aromatic amines is 1. The van der Waals surface area contributed by atoms with E-state index in [0.717, 1.165) is 5.56 Å². The lowest BCUT2D eigenvalue weighted by Crippen LogP contribution is -2.37. The van der Waals surface area contributed by atoms with Gasteiger partial charge in [0.05, 0.1) is 12.7 Å². The number of para-hydroxylation sites is 1. The minimum atomic E-state index is -0.362. The van der Waals surface area contributed by atoms with Crippen molar-refractivity contribution < 1.29 is 9.59 Å². The fourth-order valence-electron chi connectivity index (χ4n) is 3.34. The quantitative estimate of drug-likeness (QED) is 0.351. The summed E-state index contributed by atoms with van der Waals surface area (Å²) in [5, 5.41) is 12.8. The molecular weight excluding hydrogens is 436 g/mol. The van der Waals surface area contributed by atoms with E-state index in [1.807, 2.05) is 24.3 Å². The lowest BCUT2D eigenvalue weighted by Gasteiger charge is -2.17. The highest BCUT2D eigenvalue weighted by Gasteiger charge is 2.13. The number of hydrogen-bond donors (Lipinski definition) is 4. The van der Waals surface area contributed by atoms with Crippen LogP contribution in [0.4, 0.5) is 21.0 Å². The first-order valence-corrected chi connectivity index (χ1v) is 10.5. The molecule has 4 rings (SSSR count). The van der Waals surface area contributed by atoms with Crippen LogP contribution in [0.2, 0.25) is 0 Å². The predicted molar refractivity (Wildman–Crippen MR) is 128 cm³/mol. The van der Waals surface area contributed by atoms with Gasteiger partial charge in [-0.25, -0.2) is 14.6 Å². The van der Waals surface area contributed by atoms with Crippen LogP contribution in [0.25, 0.3) is 11.0 Å². The van der Waals surface area contributed by atoms with E-state index in [4.69, 9.17) is 0 Å². The number of rotatable bonds is 6. The number of aromatic nitrogens is 4. The van der Waals surface area contributed by atoms with Gasteiger partial charge in [-0.1, -0.05) is 30.3 Å². The first kappa shape index (κ1) is 22.5. The molecular formula is C23H24N8O3. The summed E-state index contributed by atoms with van der Waals surface area (Å²) in [7, 11) is 3.30. The third-order valence-electron chi connectivity index (χ3n) is 5.04. The molecule has 11 nitrogen and oxygen atoms in total. The van der Waals surface area contributed by atoms with Crippen LogP contribution < -0.4 is 21.5 Å². The van der Waals surface area contributed by atoms with E-state index in [2.05, 4.69) is 31.0 Å². The number of aryl methyl sites for hydroxylation is 1. The smallest absolute Gasteiger partial charge is 0.323 e. The van der Waals surface area contributed by atoms with E-state index in [1.54, 1.807) is 44.4 Å². The molecule has 0 saturated heterocycles. The lowest BCUT2D eigenvalue weighted by molar-refractivity contribution is 0.205. The van der Waals surface area contributed by atoms with Crippen LogP contribution in [-0.2, 0) is 20.1 Å². The van der Waals surface area contributed by atoms with E-state index < -0.39 is 0 Å². The van der Waals surface area contributed by atoms with Crippen LogP contribution in [0.3, 0.4) is 0 Å². The molecule has 4 aromatic rings. The molecule has 2 heterocycles. The van der Waals surface area contributed by atoms with Crippen LogP contribution in [0, 0.1) is 0 Å². The summed E-state index contributed by atoms with van der Waals surface area (Å²) in [4.78, 5) is 45.4. The molecule has 4 N–H and O–H groups in total. The average Bonchev–Trinajstić information content (AvgIpc) is 3.19. The molecule has 2 aromatic carbocycles. The van der Waals surface area contributed by atoms with Crippen molar-refractivity contribution in [1.82, 2.24) is 30.0 Å².